The maximum atomic E-state index is 12.3. The van der Waals surface area contributed by atoms with Gasteiger partial charge in [0.15, 0.2) is 0 Å². The normalized spacial score (nSPS) is 21.1. The fourth-order valence-corrected chi connectivity index (χ4v) is 4.46. The molecule has 3 heterocycles. The largest absolute Gasteiger partial charge is 0.480 e. The molecule has 0 saturated carbocycles. The molecule has 1 fully saturated rings. The molecule has 0 aromatic carbocycles. The fraction of sp³-hybridized carbons (Fsp3) is 0.810. The Hall–Kier alpha value is -1.72. The maximum absolute atomic E-state index is 12.3. The SMILES string of the molecule is CCCC1CCc2c(C3CCN(C(=O)OC(C)(C)C)CC3)c(OC)nn2C1. The minimum absolute atomic E-state index is 0.202. The minimum atomic E-state index is -0.447. The number of piperidine rings is 1. The van der Waals surface area contributed by atoms with Crippen molar-refractivity contribution in [3.63, 3.8) is 0 Å². The molecular weight excluding hydrogens is 342 g/mol. The van der Waals surface area contributed by atoms with E-state index in [-0.39, 0.29) is 6.09 Å². The minimum Gasteiger partial charge on any atom is -0.480 e. The van der Waals surface area contributed by atoms with Crippen LogP contribution in [-0.4, -0.2) is 46.6 Å². The summed E-state index contributed by atoms with van der Waals surface area (Å²) in [5.41, 5.74) is 2.20. The molecule has 0 bridgehead atoms. The number of rotatable bonds is 4. The number of likely N-dealkylation sites (tertiary alicyclic amines) is 1. The Balaban J connectivity index is 1.69. The van der Waals surface area contributed by atoms with Crippen LogP contribution >= 0.6 is 0 Å². The Morgan fingerprint density at radius 2 is 1.93 bits per heavy atom. The summed E-state index contributed by atoms with van der Waals surface area (Å²) >= 11 is 0. The van der Waals surface area contributed by atoms with Crippen molar-refractivity contribution >= 4 is 6.09 Å². The Morgan fingerprint density at radius 3 is 2.52 bits per heavy atom. The Morgan fingerprint density at radius 1 is 1.22 bits per heavy atom. The van der Waals surface area contributed by atoms with E-state index in [1.54, 1.807) is 7.11 Å². The van der Waals surface area contributed by atoms with Crippen LogP contribution in [0.5, 0.6) is 5.88 Å². The van der Waals surface area contributed by atoms with Gasteiger partial charge in [-0.3, -0.25) is 4.68 Å². The highest BCUT2D eigenvalue weighted by Crippen LogP contribution is 2.39. The standard InChI is InChI=1S/C21H35N3O3/c1-6-7-15-8-9-17-18(19(26-5)22-24(17)14-15)16-10-12-23(13-11-16)20(25)27-21(2,3)4/h15-16H,6-14H2,1-5H3. The number of hydrogen-bond donors (Lipinski definition) is 0. The fourth-order valence-electron chi connectivity index (χ4n) is 4.46. The van der Waals surface area contributed by atoms with Crippen LogP contribution in [-0.2, 0) is 17.7 Å². The molecule has 27 heavy (non-hydrogen) atoms. The van der Waals surface area contributed by atoms with Crippen molar-refractivity contribution in [2.45, 2.75) is 84.3 Å². The van der Waals surface area contributed by atoms with Crippen molar-refractivity contribution in [3.05, 3.63) is 11.3 Å². The number of aromatic nitrogens is 2. The Labute approximate surface area is 163 Å². The molecule has 0 N–H and O–H groups in total. The lowest BCUT2D eigenvalue weighted by Gasteiger charge is -2.34. The molecule has 1 unspecified atom stereocenters. The number of methoxy groups -OCH3 is 1. The molecule has 1 atom stereocenters. The van der Waals surface area contributed by atoms with Crippen LogP contribution in [0, 0.1) is 5.92 Å². The molecule has 6 nitrogen and oxygen atoms in total. The summed E-state index contributed by atoms with van der Waals surface area (Å²) in [5.74, 6) is 1.93. The number of carbonyl (C=O) groups is 1. The summed E-state index contributed by atoms with van der Waals surface area (Å²) in [5, 5.41) is 4.77. The van der Waals surface area contributed by atoms with Crippen LogP contribution in [0.25, 0.3) is 0 Å². The van der Waals surface area contributed by atoms with E-state index in [4.69, 9.17) is 14.6 Å². The first kappa shape index (κ1) is 20.0. The second kappa shape index (κ2) is 8.11. The van der Waals surface area contributed by atoms with Gasteiger partial charge in [-0.25, -0.2) is 4.79 Å². The molecule has 1 aromatic heterocycles. The summed E-state index contributed by atoms with van der Waals surface area (Å²) in [6.45, 7) is 10.4. The van der Waals surface area contributed by atoms with Crippen molar-refractivity contribution in [2.75, 3.05) is 20.2 Å². The van der Waals surface area contributed by atoms with Gasteiger partial charge in [-0.2, -0.15) is 0 Å². The molecule has 6 heteroatoms. The number of ether oxygens (including phenoxy) is 2. The van der Waals surface area contributed by atoms with Crippen LogP contribution < -0.4 is 4.74 Å². The molecule has 2 aliphatic heterocycles. The smallest absolute Gasteiger partial charge is 0.410 e. The van der Waals surface area contributed by atoms with E-state index in [0.29, 0.717) is 5.92 Å². The second-order valence-corrected chi connectivity index (χ2v) is 8.99. The van der Waals surface area contributed by atoms with Crippen molar-refractivity contribution in [2.24, 2.45) is 5.92 Å². The molecule has 1 saturated heterocycles. The zero-order valence-electron chi connectivity index (χ0n) is 17.6. The van der Waals surface area contributed by atoms with Gasteiger partial charge in [0.1, 0.15) is 5.60 Å². The average molecular weight is 378 g/mol. The van der Waals surface area contributed by atoms with E-state index in [9.17, 15) is 4.79 Å². The van der Waals surface area contributed by atoms with E-state index in [2.05, 4.69) is 11.6 Å². The predicted molar refractivity (Wildman–Crippen MR) is 105 cm³/mol. The number of carbonyl (C=O) groups excluding carboxylic acids is 1. The summed E-state index contributed by atoms with van der Waals surface area (Å²) < 4.78 is 13.4. The Bertz CT molecular complexity index is 654. The number of amides is 1. The molecule has 0 radical (unpaired) electrons. The molecule has 0 spiro atoms. The first-order chi connectivity index (χ1) is 12.8. The number of nitrogens with zero attached hydrogens (tertiary/aromatic N) is 3. The highest BCUT2D eigenvalue weighted by Gasteiger charge is 2.33. The van der Waals surface area contributed by atoms with Crippen molar-refractivity contribution in [1.82, 2.24) is 14.7 Å². The van der Waals surface area contributed by atoms with Gasteiger partial charge in [0.2, 0.25) is 5.88 Å². The van der Waals surface area contributed by atoms with Crippen LogP contribution in [0.3, 0.4) is 0 Å². The first-order valence-electron chi connectivity index (χ1n) is 10.4. The lowest BCUT2D eigenvalue weighted by molar-refractivity contribution is 0.0204. The topological polar surface area (TPSA) is 56.6 Å². The van der Waals surface area contributed by atoms with Crippen LogP contribution in [0.1, 0.15) is 77.0 Å². The van der Waals surface area contributed by atoms with Crippen molar-refractivity contribution in [3.8, 4) is 5.88 Å². The zero-order valence-corrected chi connectivity index (χ0v) is 17.6. The number of hydrogen-bond acceptors (Lipinski definition) is 4. The molecule has 1 amide bonds. The third-order valence-electron chi connectivity index (χ3n) is 5.73. The van der Waals surface area contributed by atoms with Gasteiger partial charge in [-0.05, 0) is 64.7 Å². The van der Waals surface area contributed by atoms with E-state index in [1.807, 2.05) is 25.7 Å². The molecule has 1 aromatic rings. The maximum Gasteiger partial charge on any atom is 0.410 e. The number of fused-ring (bicyclic) bond motifs is 1. The van der Waals surface area contributed by atoms with Crippen molar-refractivity contribution < 1.29 is 14.3 Å². The Kier molecular flexibility index (Phi) is 6.02. The lowest BCUT2D eigenvalue weighted by atomic mass is 9.86. The second-order valence-electron chi connectivity index (χ2n) is 8.99. The monoisotopic (exact) mass is 377 g/mol. The molecule has 2 aliphatic rings. The molecule has 152 valence electrons. The quantitative estimate of drug-likeness (QED) is 0.782. The first-order valence-corrected chi connectivity index (χ1v) is 10.4. The summed E-state index contributed by atoms with van der Waals surface area (Å²) in [6.07, 6.45) is 6.50. The molecule has 3 rings (SSSR count). The average Bonchev–Trinajstić information content (AvgIpc) is 2.98. The van der Waals surface area contributed by atoms with Crippen molar-refractivity contribution in [1.29, 1.82) is 0 Å². The van der Waals surface area contributed by atoms with Crippen LogP contribution in [0.2, 0.25) is 0 Å². The van der Waals surface area contributed by atoms with Crippen LogP contribution in [0.15, 0.2) is 0 Å². The van der Waals surface area contributed by atoms with E-state index < -0.39 is 5.60 Å². The summed E-state index contributed by atoms with van der Waals surface area (Å²) in [7, 11) is 1.72. The summed E-state index contributed by atoms with van der Waals surface area (Å²) in [4.78, 5) is 14.2. The van der Waals surface area contributed by atoms with Gasteiger partial charge < -0.3 is 14.4 Å². The third kappa shape index (κ3) is 4.58. The van der Waals surface area contributed by atoms with E-state index in [0.717, 1.165) is 50.7 Å². The third-order valence-corrected chi connectivity index (χ3v) is 5.73. The highest BCUT2D eigenvalue weighted by molar-refractivity contribution is 5.68. The van der Waals surface area contributed by atoms with Gasteiger partial charge in [0, 0.05) is 30.9 Å². The van der Waals surface area contributed by atoms with Gasteiger partial charge >= 0.3 is 6.09 Å². The zero-order chi connectivity index (χ0) is 19.6. The summed E-state index contributed by atoms with van der Waals surface area (Å²) in [6, 6.07) is 0. The highest BCUT2D eigenvalue weighted by atomic mass is 16.6. The van der Waals surface area contributed by atoms with Gasteiger partial charge in [-0.1, -0.05) is 13.3 Å². The van der Waals surface area contributed by atoms with Gasteiger partial charge in [0.25, 0.3) is 0 Å². The van der Waals surface area contributed by atoms with E-state index in [1.165, 1.54) is 30.5 Å². The van der Waals surface area contributed by atoms with Gasteiger partial charge in [-0.15, -0.1) is 5.10 Å². The van der Waals surface area contributed by atoms with Crippen LogP contribution in [0.4, 0.5) is 4.79 Å². The van der Waals surface area contributed by atoms with Gasteiger partial charge in [0.05, 0.1) is 7.11 Å². The molecular formula is C21H35N3O3. The predicted octanol–water partition coefficient (Wildman–Crippen LogP) is 4.37. The molecule has 0 aliphatic carbocycles. The lowest BCUT2D eigenvalue weighted by Crippen LogP contribution is -2.41. The van der Waals surface area contributed by atoms with E-state index >= 15 is 0 Å².